The van der Waals surface area contributed by atoms with Gasteiger partial charge in [-0.25, -0.2) is 8.42 Å². The molecule has 1 aliphatic heterocycles. The predicted molar refractivity (Wildman–Crippen MR) is 87.2 cm³/mol. The Bertz CT molecular complexity index is 813. The lowest BCUT2D eigenvalue weighted by atomic mass is 10.0. The number of methoxy groups -OCH3 is 1. The maximum absolute atomic E-state index is 12.6. The first-order chi connectivity index (χ1) is 10.9. The Labute approximate surface area is 140 Å². The standard InChI is InChI=1S/C15H18ClN3O3S/c1-11-6-17-18(7-11)8-12-9-19(10-12)23(20,21)13-3-4-15(22-2)14(16)5-13/h3-7,12H,8-10H2,1-2H3. The summed E-state index contributed by atoms with van der Waals surface area (Å²) >= 11 is 6.02. The second kappa shape index (κ2) is 6.14. The van der Waals surface area contributed by atoms with E-state index >= 15 is 0 Å². The number of nitrogens with zero attached hydrogens (tertiary/aromatic N) is 3. The highest BCUT2D eigenvalue weighted by Crippen LogP contribution is 2.31. The van der Waals surface area contributed by atoms with Crippen LogP contribution in [0.3, 0.4) is 0 Å². The van der Waals surface area contributed by atoms with Gasteiger partial charge in [-0.3, -0.25) is 4.68 Å². The normalized spacial score (nSPS) is 16.3. The van der Waals surface area contributed by atoms with Gasteiger partial charge < -0.3 is 4.74 Å². The zero-order chi connectivity index (χ0) is 16.6. The van der Waals surface area contributed by atoms with Gasteiger partial charge in [-0.2, -0.15) is 9.40 Å². The number of hydrogen-bond acceptors (Lipinski definition) is 4. The van der Waals surface area contributed by atoms with Crippen molar-refractivity contribution >= 4 is 21.6 Å². The third-order valence-electron chi connectivity index (χ3n) is 3.89. The average Bonchev–Trinajstić information content (AvgIpc) is 2.87. The molecule has 0 unspecified atom stereocenters. The molecule has 1 fully saturated rings. The number of aryl methyl sites for hydroxylation is 1. The van der Waals surface area contributed by atoms with E-state index in [9.17, 15) is 8.42 Å². The second-order valence-electron chi connectivity index (χ2n) is 5.72. The van der Waals surface area contributed by atoms with Crippen LogP contribution in [0.2, 0.25) is 5.02 Å². The Kier molecular flexibility index (Phi) is 4.35. The number of hydrogen-bond donors (Lipinski definition) is 0. The van der Waals surface area contributed by atoms with E-state index in [1.807, 2.05) is 17.8 Å². The van der Waals surface area contributed by atoms with Crippen molar-refractivity contribution in [1.82, 2.24) is 14.1 Å². The van der Waals surface area contributed by atoms with Gasteiger partial charge in [0.2, 0.25) is 10.0 Å². The van der Waals surface area contributed by atoms with Gasteiger partial charge in [-0.15, -0.1) is 0 Å². The molecule has 2 heterocycles. The Morgan fingerprint density at radius 3 is 2.70 bits per heavy atom. The summed E-state index contributed by atoms with van der Waals surface area (Å²) < 4.78 is 33.5. The Hall–Kier alpha value is -1.57. The lowest BCUT2D eigenvalue weighted by Gasteiger charge is -2.38. The average molecular weight is 356 g/mol. The van der Waals surface area contributed by atoms with Gasteiger partial charge in [-0.1, -0.05) is 11.6 Å². The quantitative estimate of drug-likeness (QED) is 0.824. The van der Waals surface area contributed by atoms with Gasteiger partial charge in [0, 0.05) is 31.7 Å². The fraction of sp³-hybridized carbons (Fsp3) is 0.400. The summed E-state index contributed by atoms with van der Waals surface area (Å²) in [5, 5.41) is 4.52. The highest BCUT2D eigenvalue weighted by Gasteiger charge is 2.37. The van der Waals surface area contributed by atoms with E-state index in [1.165, 1.54) is 23.5 Å². The van der Waals surface area contributed by atoms with Crippen LogP contribution in [-0.4, -0.2) is 42.7 Å². The third kappa shape index (κ3) is 3.22. The van der Waals surface area contributed by atoms with E-state index in [0.717, 1.165) is 12.1 Å². The summed E-state index contributed by atoms with van der Waals surface area (Å²) in [7, 11) is -2.01. The van der Waals surface area contributed by atoms with Gasteiger partial charge in [0.25, 0.3) is 0 Å². The van der Waals surface area contributed by atoms with Gasteiger partial charge in [0.1, 0.15) is 5.75 Å². The van der Waals surface area contributed by atoms with Crippen LogP contribution in [0.4, 0.5) is 0 Å². The molecule has 0 aliphatic carbocycles. The molecule has 0 bridgehead atoms. The lowest BCUT2D eigenvalue weighted by Crippen LogP contribution is -2.51. The molecule has 1 aromatic heterocycles. The Morgan fingerprint density at radius 2 is 2.13 bits per heavy atom. The molecular formula is C15H18ClN3O3S. The van der Waals surface area contributed by atoms with Crippen molar-refractivity contribution in [3.63, 3.8) is 0 Å². The molecule has 0 amide bonds. The monoisotopic (exact) mass is 355 g/mol. The van der Waals surface area contributed by atoms with E-state index < -0.39 is 10.0 Å². The minimum absolute atomic E-state index is 0.191. The molecule has 0 spiro atoms. The summed E-state index contributed by atoms with van der Waals surface area (Å²) in [5.74, 6) is 0.735. The number of aromatic nitrogens is 2. The van der Waals surface area contributed by atoms with Crippen LogP contribution < -0.4 is 4.74 Å². The second-order valence-corrected chi connectivity index (χ2v) is 8.07. The molecule has 0 radical (unpaired) electrons. The highest BCUT2D eigenvalue weighted by atomic mass is 35.5. The first-order valence-electron chi connectivity index (χ1n) is 7.23. The Morgan fingerprint density at radius 1 is 1.39 bits per heavy atom. The SMILES string of the molecule is COc1ccc(S(=O)(=O)N2CC(Cn3cc(C)cn3)C2)cc1Cl. The van der Waals surface area contributed by atoms with Crippen LogP contribution in [0.1, 0.15) is 5.56 Å². The number of benzene rings is 1. The van der Waals surface area contributed by atoms with Crippen molar-refractivity contribution in [3.05, 3.63) is 41.2 Å². The van der Waals surface area contributed by atoms with Crippen molar-refractivity contribution in [3.8, 4) is 5.75 Å². The van der Waals surface area contributed by atoms with Crippen LogP contribution in [-0.2, 0) is 16.6 Å². The highest BCUT2D eigenvalue weighted by molar-refractivity contribution is 7.89. The van der Waals surface area contributed by atoms with Crippen molar-refractivity contribution in [2.75, 3.05) is 20.2 Å². The number of sulfonamides is 1. The fourth-order valence-corrected chi connectivity index (χ4v) is 4.56. The Balaban J connectivity index is 1.67. The molecule has 0 atom stereocenters. The van der Waals surface area contributed by atoms with Gasteiger partial charge in [0.05, 0.1) is 23.2 Å². The largest absolute Gasteiger partial charge is 0.495 e. The minimum atomic E-state index is -3.51. The lowest BCUT2D eigenvalue weighted by molar-refractivity contribution is 0.175. The van der Waals surface area contributed by atoms with Crippen LogP contribution in [0.15, 0.2) is 35.5 Å². The smallest absolute Gasteiger partial charge is 0.243 e. The molecule has 124 valence electrons. The minimum Gasteiger partial charge on any atom is -0.495 e. The van der Waals surface area contributed by atoms with Gasteiger partial charge >= 0.3 is 0 Å². The van der Waals surface area contributed by atoms with E-state index in [-0.39, 0.29) is 15.8 Å². The topological polar surface area (TPSA) is 64.4 Å². The van der Waals surface area contributed by atoms with Crippen LogP contribution in [0.25, 0.3) is 0 Å². The van der Waals surface area contributed by atoms with Crippen molar-refractivity contribution in [1.29, 1.82) is 0 Å². The van der Waals surface area contributed by atoms with Crippen LogP contribution >= 0.6 is 11.6 Å². The molecule has 1 aliphatic rings. The molecule has 0 saturated carbocycles. The molecular weight excluding hydrogens is 338 g/mol. The summed E-state index contributed by atoms with van der Waals surface area (Å²) in [5.41, 5.74) is 1.10. The molecule has 1 aromatic carbocycles. The number of rotatable bonds is 5. The molecule has 2 aromatic rings. The number of halogens is 1. The number of ether oxygens (including phenoxy) is 1. The van der Waals surface area contributed by atoms with E-state index in [2.05, 4.69) is 5.10 Å². The summed E-state index contributed by atoms with van der Waals surface area (Å²) in [4.78, 5) is 0.191. The first-order valence-corrected chi connectivity index (χ1v) is 9.04. The van der Waals surface area contributed by atoms with Crippen molar-refractivity contribution in [2.45, 2.75) is 18.4 Å². The van der Waals surface area contributed by atoms with Crippen molar-refractivity contribution in [2.24, 2.45) is 5.92 Å². The first kappa shape index (κ1) is 16.3. The molecule has 6 nitrogen and oxygen atoms in total. The third-order valence-corrected chi connectivity index (χ3v) is 6.02. The summed E-state index contributed by atoms with van der Waals surface area (Å²) in [6.07, 6.45) is 3.76. The van der Waals surface area contributed by atoms with Crippen molar-refractivity contribution < 1.29 is 13.2 Å². The maximum atomic E-state index is 12.6. The van der Waals surface area contributed by atoms with Crippen LogP contribution in [0, 0.1) is 12.8 Å². The zero-order valence-corrected chi connectivity index (χ0v) is 14.5. The van der Waals surface area contributed by atoms with E-state index in [4.69, 9.17) is 16.3 Å². The van der Waals surface area contributed by atoms with E-state index in [1.54, 1.807) is 12.3 Å². The molecule has 0 N–H and O–H groups in total. The molecule has 8 heteroatoms. The van der Waals surface area contributed by atoms with Gasteiger partial charge in [0.15, 0.2) is 0 Å². The molecule has 23 heavy (non-hydrogen) atoms. The van der Waals surface area contributed by atoms with E-state index in [0.29, 0.717) is 18.8 Å². The summed E-state index contributed by atoms with van der Waals surface area (Å²) in [6.45, 7) is 3.69. The zero-order valence-electron chi connectivity index (χ0n) is 12.9. The fourth-order valence-electron chi connectivity index (χ4n) is 2.62. The maximum Gasteiger partial charge on any atom is 0.243 e. The van der Waals surface area contributed by atoms with Gasteiger partial charge in [-0.05, 0) is 30.7 Å². The molecule has 1 saturated heterocycles. The molecule has 3 rings (SSSR count). The summed E-state index contributed by atoms with van der Waals surface area (Å²) in [6, 6.07) is 4.52. The van der Waals surface area contributed by atoms with Crippen LogP contribution in [0.5, 0.6) is 5.75 Å². The predicted octanol–water partition coefficient (Wildman–Crippen LogP) is 2.17.